The fourth-order valence-corrected chi connectivity index (χ4v) is 6.14. The van der Waals surface area contributed by atoms with Gasteiger partial charge in [0.2, 0.25) is 5.76 Å². The van der Waals surface area contributed by atoms with Gasteiger partial charge in [-0.2, -0.15) is 17.5 Å². The van der Waals surface area contributed by atoms with Gasteiger partial charge in [-0.3, -0.25) is 0 Å². The number of benzene rings is 1. The molecule has 7 nitrogen and oxygen atoms in total. The zero-order chi connectivity index (χ0) is 22.2. The van der Waals surface area contributed by atoms with Gasteiger partial charge in [0.05, 0.1) is 17.7 Å². The molecule has 0 saturated carbocycles. The SMILES string of the molecule is COc1ccccc1N1CCN(S(=O)(=O)c2ccc(-c3cc(C(F)(F)F)on3)s2)CC1. The van der Waals surface area contributed by atoms with E-state index in [1.807, 2.05) is 24.3 Å². The Morgan fingerprint density at radius 2 is 1.81 bits per heavy atom. The third kappa shape index (κ3) is 4.27. The molecule has 31 heavy (non-hydrogen) atoms. The number of alkyl halides is 3. The topological polar surface area (TPSA) is 75.9 Å². The van der Waals surface area contributed by atoms with Gasteiger partial charge in [-0.15, -0.1) is 11.3 Å². The second-order valence-electron chi connectivity index (χ2n) is 6.76. The van der Waals surface area contributed by atoms with Crippen LogP contribution in [0.15, 0.2) is 51.2 Å². The van der Waals surface area contributed by atoms with Gasteiger partial charge in [-0.1, -0.05) is 17.3 Å². The number of ether oxygens (including phenoxy) is 1. The molecule has 1 fully saturated rings. The van der Waals surface area contributed by atoms with Gasteiger partial charge in [0.1, 0.15) is 15.7 Å². The van der Waals surface area contributed by atoms with Crippen molar-refractivity contribution in [3.05, 3.63) is 48.2 Å². The van der Waals surface area contributed by atoms with E-state index in [0.717, 1.165) is 23.1 Å². The van der Waals surface area contributed by atoms with Crippen LogP contribution in [0, 0.1) is 0 Å². The van der Waals surface area contributed by atoms with Crippen LogP contribution in [0.4, 0.5) is 18.9 Å². The predicted octanol–water partition coefficient (Wildman–Crippen LogP) is 3.94. The molecule has 0 unspecified atom stereocenters. The minimum absolute atomic E-state index is 0.0461. The van der Waals surface area contributed by atoms with Crippen molar-refractivity contribution in [2.75, 3.05) is 38.2 Å². The summed E-state index contributed by atoms with van der Waals surface area (Å²) < 4.78 is 75.3. The van der Waals surface area contributed by atoms with Gasteiger partial charge in [0.25, 0.3) is 10.0 Å². The Hall–Kier alpha value is -2.57. The Balaban J connectivity index is 1.48. The number of anilines is 1. The highest BCUT2D eigenvalue weighted by Crippen LogP contribution is 2.36. The molecule has 12 heteroatoms. The molecule has 3 heterocycles. The van der Waals surface area contributed by atoms with Gasteiger partial charge < -0.3 is 14.2 Å². The fourth-order valence-electron chi connectivity index (χ4n) is 3.31. The molecule has 0 bridgehead atoms. The Labute approximate surface area is 180 Å². The van der Waals surface area contributed by atoms with Crippen molar-refractivity contribution in [1.82, 2.24) is 9.46 Å². The van der Waals surface area contributed by atoms with E-state index in [1.165, 1.54) is 16.4 Å². The van der Waals surface area contributed by atoms with Crippen LogP contribution in [-0.4, -0.2) is 51.2 Å². The summed E-state index contributed by atoms with van der Waals surface area (Å²) in [6.07, 6.45) is -4.65. The van der Waals surface area contributed by atoms with Gasteiger partial charge >= 0.3 is 6.18 Å². The van der Waals surface area contributed by atoms with Crippen molar-refractivity contribution in [2.24, 2.45) is 0 Å². The van der Waals surface area contributed by atoms with Crippen molar-refractivity contribution >= 4 is 27.0 Å². The number of hydrogen-bond acceptors (Lipinski definition) is 7. The quantitative estimate of drug-likeness (QED) is 0.559. The van der Waals surface area contributed by atoms with E-state index >= 15 is 0 Å². The number of piperazine rings is 1. The minimum Gasteiger partial charge on any atom is -0.495 e. The van der Waals surface area contributed by atoms with Crippen LogP contribution in [0.3, 0.4) is 0 Å². The molecule has 0 amide bonds. The summed E-state index contributed by atoms with van der Waals surface area (Å²) in [6, 6.07) is 11.1. The third-order valence-electron chi connectivity index (χ3n) is 4.88. The maximum atomic E-state index is 13.0. The molecule has 4 rings (SSSR count). The monoisotopic (exact) mass is 473 g/mol. The average Bonchev–Trinajstić information content (AvgIpc) is 3.43. The molecule has 0 atom stereocenters. The Morgan fingerprint density at radius 1 is 1.10 bits per heavy atom. The summed E-state index contributed by atoms with van der Waals surface area (Å²) in [5.74, 6) is -0.514. The number of para-hydroxylation sites is 2. The van der Waals surface area contributed by atoms with Crippen LogP contribution in [0.1, 0.15) is 5.76 Å². The first-order valence-electron chi connectivity index (χ1n) is 9.22. The van der Waals surface area contributed by atoms with Gasteiger partial charge in [0.15, 0.2) is 0 Å². The largest absolute Gasteiger partial charge is 0.495 e. The van der Waals surface area contributed by atoms with Crippen LogP contribution in [0.5, 0.6) is 5.75 Å². The number of thiophene rings is 1. The third-order valence-corrected chi connectivity index (χ3v) is 8.36. The van der Waals surface area contributed by atoms with E-state index in [9.17, 15) is 21.6 Å². The minimum atomic E-state index is -4.65. The molecule has 0 radical (unpaired) electrons. The Kier molecular flexibility index (Phi) is 5.71. The summed E-state index contributed by atoms with van der Waals surface area (Å²) in [6.45, 7) is 1.51. The van der Waals surface area contributed by atoms with Crippen LogP contribution in [-0.2, 0) is 16.2 Å². The maximum absolute atomic E-state index is 13.0. The van der Waals surface area contributed by atoms with E-state index in [1.54, 1.807) is 7.11 Å². The molecule has 1 aliphatic rings. The molecule has 2 aromatic heterocycles. The van der Waals surface area contributed by atoms with E-state index in [4.69, 9.17) is 4.74 Å². The number of nitrogens with zero attached hydrogens (tertiary/aromatic N) is 3. The number of rotatable bonds is 5. The number of aromatic nitrogens is 1. The maximum Gasteiger partial charge on any atom is 0.452 e. The highest BCUT2D eigenvalue weighted by Gasteiger charge is 2.37. The highest BCUT2D eigenvalue weighted by atomic mass is 32.2. The number of methoxy groups -OCH3 is 1. The normalized spacial score (nSPS) is 15.9. The molecule has 0 N–H and O–H groups in total. The molecule has 1 aromatic carbocycles. The smallest absolute Gasteiger partial charge is 0.452 e. The second-order valence-corrected chi connectivity index (χ2v) is 10.0. The first kappa shape index (κ1) is 21.7. The summed E-state index contributed by atoms with van der Waals surface area (Å²) in [5.41, 5.74) is 0.840. The second kappa shape index (κ2) is 8.17. The average molecular weight is 473 g/mol. The van der Waals surface area contributed by atoms with Crippen LogP contribution in [0.25, 0.3) is 10.6 Å². The molecule has 1 saturated heterocycles. The molecule has 166 valence electrons. The lowest BCUT2D eigenvalue weighted by atomic mass is 10.2. The number of sulfonamides is 1. The van der Waals surface area contributed by atoms with Crippen LogP contribution >= 0.6 is 11.3 Å². The van der Waals surface area contributed by atoms with Crippen molar-refractivity contribution in [2.45, 2.75) is 10.4 Å². The van der Waals surface area contributed by atoms with E-state index < -0.39 is 22.0 Å². The van der Waals surface area contributed by atoms with Crippen molar-refractivity contribution < 1.29 is 30.8 Å². The molecular formula is C19H18F3N3O4S2. The molecule has 0 aliphatic carbocycles. The molecule has 1 aliphatic heterocycles. The summed E-state index contributed by atoms with van der Waals surface area (Å²) >= 11 is 0.861. The van der Waals surface area contributed by atoms with Crippen LogP contribution in [0.2, 0.25) is 0 Å². The van der Waals surface area contributed by atoms with Crippen LogP contribution < -0.4 is 9.64 Å². The molecular weight excluding hydrogens is 455 g/mol. The van der Waals surface area contributed by atoms with Crippen molar-refractivity contribution in [1.29, 1.82) is 0 Å². The number of halogens is 3. The summed E-state index contributed by atoms with van der Waals surface area (Å²) in [4.78, 5) is 2.34. The standard InChI is InChI=1S/C19H18F3N3O4S2/c1-28-15-5-3-2-4-14(15)24-8-10-25(11-9-24)31(26,27)18-7-6-16(30-18)13-12-17(29-23-13)19(20,21)22/h2-7,12H,8-11H2,1H3. The first-order chi connectivity index (χ1) is 14.7. The van der Waals surface area contributed by atoms with E-state index in [-0.39, 0.29) is 27.9 Å². The Morgan fingerprint density at radius 3 is 2.45 bits per heavy atom. The predicted molar refractivity (Wildman–Crippen MR) is 109 cm³/mol. The van der Waals surface area contributed by atoms with E-state index in [0.29, 0.717) is 18.8 Å². The Bertz CT molecular complexity index is 1170. The zero-order valence-electron chi connectivity index (χ0n) is 16.3. The highest BCUT2D eigenvalue weighted by molar-refractivity contribution is 7.91. The fraction of sp³-hybridized carbons (Fsp3) is 0.316. The lowest BCUT2D eigenvalue weighted by molar-refractivity contribution is -0.155. The summed E-state index contributed by atoms with van der Waals surface area (Å²) in [7, 11) is -2.19. The van der Waals surface area contributed by atoms with Gasteiger partial charge in [-0.05, 0) is 24.3 Å². The molecule has 0 spiro atoms. The number of hydrogen-bond donors (Lipinski definition) is 0. The summed E-state index contributed by atoms with van der Waals surface area (Å²) in [5, 5.41) is 3.41. The first-order valence-corrected chi connectivity index (χ1v) is 11.5. The van der Waals surface area contributed by atoms with Gasteiger partial charge in [0, 0.05) is 32.2 Å². The van der Waals surface area contributed by atoms with Gasteiger partial charge in [-0.25, -0.2) is 8.42 Å². The van der Waals surface area contributed by atoms with E-state index in [2.05, 4.69) is 14.6 Å². The lowest BCUT2D eigenvalue weighted by Gasteiger charge is -2.35. The van der Waals surface area contributed by atoms with Crippen molar-refractivity contribution in [3.63, 3.8) is 0 Å². The lowest BCUT2D eigenvalue weighted by Crippen LogP contribution is -2.48. The zero-order valence-corrected chi connectivity index (χ0v) is 17.9. The van der Waals surface area contributed by atoms with Crippen molar-refractivity contribution in [3.8, 4) is 16.3 Å². The molecule has 3 aromatic rings.